The number of benzene rings is 1. The lowest BCUT2D eigenvalue weighted by atomic mass is 9.65. The van der Waals surface area contributed by atoms with Gasteiger partial charge in [0.15, 0.2) is 0 Å². The number of likely N-dealkylation sites (tertiary alicyclic amines) is 1. The third-order valence-electron chi connectivity index (χ3n) is 7.73. The Morgan fingerprint density at radius 3 is 2.63 bits per heavy atom. The number of hydrogen-bond acceptors (Lipinski definition) is 6. The van der Waals surface area contributed by atoms with Crippen LogP contribution in [-0.2, 0) is 23.9 Å². The first kappa shape index (κ1) is 25.7. The van der Waals surface area contributed by atoms with E-state index in [4.69, 9.17) is 21.1 Å². The van der Waals surface area contributed by atoms with Crippen molar-refractivity contribution in [1.29, 1.82) is 0 Å². The van der Waals surface area contributed by atoms with Crippen LogP contribution >= 0.6 is 11.6 Å². The van der Waals surface area contributed by atoms with E-state index in [2.05, 4.69) is 6.58 Å². The number of halogens is 1. The summed E-state index contributed by atoms with van der Waals surface area (Å²) in [6, 6.07) is 5.96. The normalized spacial score (nSPS) is 30.9. The van der Waals surface area contributed by atoms with Gasteiger partial charge in [0.25, 0.3) is 5.91 Å². The fraction of sp³-hybridized carbons (Fsp3) is 0.577. The van der Waals surface area contributed by atoms with Crippen molar-refractivity contribution in [1.82, 2.24) is 4.90 Å². The summed E-state index contributed by atoms with van der Waals surface area (Å²) in [7, 11) is 0. The second-order valence-corrected chi connectivity index (χ2v) is 9.84. The molecule has 2 amide bonds. The van der Waals surface area contributed by atoms with E-state index in [9.17, 15) is 19.5 Å². The van der Waals surface area contributed by atoms with Crippen LogP contribution < -0.4 is 4.90 Å². The van der Waals surface area contributed by atoms with E-state index in [1.165, 1.54) is 4.90 Å². The van der Waals surface area contributed by atoms with Gasteiger partial charge in [-0.05, 0) is 56.9 Å². The highest BCUT2D eigenvalue weighted by atomic mass is 35.5. The second-order valence-electron chi connectivity index (χ2n) is 9.41. The fourth-order valence-electron chi connectivity index (χ4n) is 6.29. The number of hydrogen-bond donors (Lipinski definition) is 1. The molecule has 0 saturated carbocycles. The molecule has 3 heterocycles. The van der Waals surface area contributed by atoms with Crippen LogP contribution in [0.2, 0.25) is 5.02 Å². The Morgan fingerprint density at radius 1 is 1.31 bits per heavy atom. The van der Waals surface area contributed by atoms with Crippen LogP contribution in [0.15, 0.2) is 36.9 Å². The zero-order valence-corrected chi connectivity index (χ0v) is 21.0. The first-order valence-electron chi connectivity index (χ1n) is 12.3. The van der Waals surface area contributed by atoms with E-state index in [1.807, 2.05) is 6.92 Å². The van der Waals surface area contributed by atoms with Crippen molar-refractivity contribution in [2.75, 3.05) is 31.2 Å². The van der Waals surface area contributed by atoms with Crippen molar-refractivity contribution in [2.24, 2.45) is 11.8 Å². The van der Waals surface area contributed by atoms with Crippen molar-refractivity contribution in [3.05, 3.63) is 41.9 Å². The molecule has 3 aliphatic rings. The van der Waals surface area contributed by atoms with E-state index in [0.717, 1.165) is 0 Å². The Labute approximate surface area is 210 Å². The highest BCUT2D eigenvalue weighted by Crippen LogP contribution is 2.64. The van der Waals surface area contributed by atoms with E-state index in [-0.39, 0.29) is 38.1 Å². The maximum atomic E-state index is 14.3. The predicted molar refractivity (Wildman–Crippen MR) is 131 cm³/mol. The summed E-state index contributed by atoms with van der Waals surface area (Å²) in [6.07, 6.45) is 3.52. The summed E-state index contributed by atoms with van der Waals surface area (Å²) < 4.78 is 12.1. The maximum absolute atomic E-state index is 14.3. The van der Waals surface area contributed by atoms with Crippen LogP contribution in [-0.4, -0.2) is 71.3 Å². The number of rotatable bonds is 10. The lowest BCUT2D eigenvalue weighted by Gasteiger charge is -2.36. The van der Waals surface area contributed by atoms with Crippen molar-refractivity contribution < 1.29 is 29.0 Å². The summed E-state index contributed by atoms with van der Waals surface area (Å²) in [5.74, 6) is -2.63. The van der Waals surface area contributed by atoms with Gasteiger partial charge in [0.1, 0.15) is 17.6 Å². The van der Waals surface area contributed by atoms with Gasteiger partial charge in [0, 0.05) is 30.4 Å². The van der Waals surface area contributed by atoms with Gasteiger partial charge in [0.05, 0.1) is 18.1 Å². The van der Waals surface area contributed by atoms with Crippen molar-refractivity contribution in [2.45, 2.75) is 56.8 Å². The molecule has 1 N–H and O–H groups in total. The first-order valence-corrected chi connectivity index (χ1v) is 12.6. The maximum Gasteiger partial charge on any atom is 0.312 e. The monoisotopic (exact) mass is 504 g/mol. The molecule has 1 spiro atoms. The summed E-state index contributed by atoms with van der Waals surface area (Å²) in [4.78, 5) is 44.3. The van der Waals surface area contributed by atoms with E-state index in [1.54, 1.807) is 42.2 Å². The average molecular weight is 505 g/mol. The number of nitrogens with zero attached hydrogens (tertiary/aromatic N) is 2. The molecule has 0 aromatic heterocycles. The molecule has 2 bridgehead atoms. The average Bonchev–Trinajstić information content (AvgIpc) is 3.45. The van der Waals surface area contributed by atoms with Gasteiger partial charge in [0.2, 0.25) is 5.91 Å². The van der Waals surface area contributed by atoms with Crippen LogP contribution in [0.4, 0.5) is 5.69 Å². The van der Waals surface area contributed by atoms with Crippen LogP contribution in [0.25, 0.3) is 0 Å². The summed E-state index contributed by atoms with van der Waals surface area (Å²) in [5, 5.41) is 10.0. The summed E-state index contributed by atoms with van der Waals surface area (Å²) >= 11 is 6.06. The van der Waals surface area contributed by atoms with Gasteiger partial charge in [-0.2, -0.15) is 0 Å². The predicted octanol–water partition coefficient (Wildman–Crippen LogP) is 2.96. The zero-order valence-electron chi connectivity index (χ0n) is 20.2. The molecule has 1 aromatic carbocycles. The number of ether oxygens (including phenoxy) is 2. The molecule has 3 saturated heterocycles. The molecule has 190 valence electrons. The Kier molecular flexibility index (Phi) is 7.27. The number of esters is 1. The van der Waals surface area contributed by atoms with E-state index >= 15 is 0 Å². The Balaban J connectivity index is 1.80. The standard InChI is InChI=1S/C26H33ClN2O6/c1-4-14-28(18-10-8-17(27)9-11-18)23(32)21-26-13-12-25(5-2,35-26)20(24(33)34-6-3)19(26)22(31)29(21)15-7-16-30/h4,8-11,19-21,30H,1,5-7,12-16H2,2-3H3/t19-,20+,21?,25-,26?/m0/s1. The number of amides is 2. The van der Waals surface area contributed by atoms with Gasteiger partial charge in [-0.15, -0.1) is 6.58 Å². The SMILES string of the molecule is C=CCN(C(=O)C1N(CCCO)C(=O)[C@@H]2[C@H](C(=O)OCC)[C@]3(CC)CCC12O3)c1ccc(Cl)cc1. The Morgan fingerprint density at radius 2 is 2.03 bits per heavy atom. The molecule has 3 aliphatic heterocycles. The molecule has 3 fully saturated rings. The third kappa shape index (κ3) is 3.96. The van der Waals surface area contributed by atoms with Gasteiger partial charge >= 0.3 is 5.97 Å². The number of aliphatic hydroxyl groups is 1. The lowest BCUT2D eigenvalue weighted by molar-refractivity contribution is -0.160. The number of carbonyl (C=O) groups is 3. The number of aliphatic hydroxyl groups excluding tert-OH is 1. The summed E-state index contributed by atoms with van der Waals surface area (Å²) in [6.45, 7) is 7.95. The molecule has 9 heteroatoms. The smallest absolute Gasteiger partial charge is 0.312 e. The molecule has 1 aromatic rings. The van der Waals surface area contributed by atoms with Crippen LogP contribution in [0.3, 0.4) is 0 Å². The van der Waals surface area contributed by atoms with Crippen LogP contribution in [0.1, 0.15) is 39.5 Å². The first-order chi connectivity index (χ1) is 16.8. The molecule has 2 unspecified atom stereocenters. The summed E-state index contributed by atoms with van der Waals surface area (Å²) in [5.41, 5.74) is -1.35. The molecule has 4 rings (SSSR count). The third-order valence-corrected chi connectivity index (χ3v) is 7.98. The van der Waals surface area contributed by atoms with Crippen molar-refractivity contribution in [3.63, 3.8) is 0 Å². The minimum absolute atomic E-state index is 0.128. The molecule has 35 heavy (non-hydrogen) atoms. The van der Waals surface area contributed by atoms with Gasteiger partial charge in [-0.3, -0.25) is 14.4 Å². The van der Waals surface area contributed by atoms with Gasteiger partial charge < -0.3 is 24.4 Å². The minimum atomic E-state index is -1.14. The molecule has 8 nitrogen and oxygen atoms in total. The zero-order chi connectivity index (χ0) is 25.4. The van der Waals surface area contributed by atoms with Gasteiger partial charge in [-0.25, -0.2) is 0 Å². The minimum Gasteiger partial charge on any atom is -0.466 e. The quantitative estimate of drug-likeness (QED) is 0.389. The second kappa shape index (κ2) is 9.91. The highest BCUT2D eigenvalue weighted by Gasteiger charge is 2.79. The molecule has 5 atom stereocenters. The lowest BCUT2D eigenvalue weighted by Crippen LogP contribution is -2.56. The number of carbonyl (C=O) groups excluding carboxylic acids is 3. The van der Waals surface area contributed by atoms with E-state index in [0.29, 0.717) is 36.4 Å². The Bertz CT molecular complexity index is 1000. The van der Waals surface area contributed by atoms with Crippen molar-refractivity contribution in [3.8, 4) is 0 Å². The largest absolute Gasteiger partial charge is 0.466 e. The molecular weight excluding hydrogens is 472 g/mol. The van der Waals surface area contributed by atoms with Gasteiger partial charge in [-0.1, -0.05) is 24.6 Å². The molecule has 0 aliphatic carbocycles. The highest BCUT2D eigenvalue weighted by molar-refractivity contribution is 6.30. The van der Waals surface area contributed by atoms with Crippen LogP contribution in [0.5, 0.6) is 0 Å². The molecule has 0 radical (unpaired) electrons. The fourth-order valence-corrected chi connectivity index (χ4v) is 6.42. The van der Waals surface area contributed by atoms with Crippen molar-refractivity contribution >= 4 is 35.1 Å². The van der Waals surface area contributed by atoms with Crippen LogP contribution in [0, 0.1) is 11.8 Å². The Hall–Kier alpha value is -2.42. The number of anilines is 1. The molecular formula is C26H33ClN2O6. The topological polar surface area (TPSA) is 96.4 Å². The van der Waals surface area contributed by atoms with E-state index < -0.39 is 35.0 Å². The number of fused-ring (bicyclic) bond motifs is 1.